The third-order valence-electron chi connectivity index (χ3n) is 5.99. The molecule has 0 unspecified atom stereocenters. The van der Waals surface area contributed by atoms with Crippen LogP contribution in [0.25, 0.3) is 23.2 Å². The zero-order valence-electron chi connectivity index (χ0n) is 21.1. The van der Waals surface area contributed by atoms with Crippen molar-refractivity contribution in [2.45, 2.75) is 33.0 Å². The van der Waals surface area contributed by atoms with Gasteiger partial charge in [-0.15, -0.1) is 10.2 Å². The number of ether oxygens (including phenoxy) is 2. The molecule has 0 aliphatic heterocycles. The van der Waals surface area contributed by atoms with Crippen LogP contribution >= 0.6 is 0 Å². The van der Waals surface area contributed by atoms with Gasteiger partial charge in [0.1, 0.15) is 30.5 Å². The lowest BCUT2D eigenvalue weighted by molar-refractivity contribution is 0.271. The molecule has 190 valence electrons. The Morgan fingerprint density at radius 1 is 0.763 bits per heavy atom. The van der Waals surface area contributed by atoms with Crippen molar-refractivity contribution in [3.63, 3.8) is 0 Å². The zero-order chi connectivity index (χ0) is 25.9. The van der Waals surface area contributed by atoms with Gasteiger partial charge in [0.15, 0.2) is 17.2 Å². The summed E-state index contributed by atoms with van der Waals surface area (Å²) < 4.78 is 21.2. The molecule has 0 radical (unpaired) electrons. The molecule has 0 atom stereocenters. The van der Waals surface area contributed by atoms with E-state index in [4.69, 9.17) is 18.9 Å². The fourth-order valence-electron chi connectivity index (χ4n) is 3.97. The van der Waals surface area contributed by atoms with Gasteiger partial charge in [-0.25, -0.2) is 9.50 Å². The number of nitrogens with zero attached hydrogens (tertiary/aromatic N) is 6. The van der Waals surface area contributed by atoms with E-state index in [1.54, 1.807) is 9.20 Å². The molecule has 4 aromatic heterocycles. The van der Waals surface area contributed by atoms with Crippen LogP contribution in [-0.4, -0.2) is 29.4 Å². The molecule has 0 saturated carbocycles. The van der Waals surface area contributed by atoms with Gasteiger partial charge < -0.3 is 13.9 Å². The number of hydrogen-bond donors (Lipinski definition) is 0. The highest BCUT2D eigenvalue weighted by Gasteiger charge is 2.20. The van der Waals surface area contributed by atoms with Crippen molar-refractivity contribution in [1.82, 2.24) is 29.4 Å². The van der Waals surface area contributed by atoms with Crippen LogP contribution in [0.5, 0.6) is 11.5 Å². The van der Waals surface area contributed by atoms with E-state index in [0.29, 0.717) is 40.7 Å². The predicted octanol–water partition coefficient (Wildman–Crippen LogP) is 5.85. The minimum atomic E-state index is 0.180. The number of furan rings is 1. The molecule has 0 amide bonds. The highest BCUT2D eigenvalue weighted by molar-refractivity contribution is 5.51. The maximum absolute atomic E-state index is 6.09. The zero-order valence-corrected chi connectivity index (χ0v) is 21.1. The number of benzene rings is 2. The number of rotatable bonds is 9. The number of para-hydroxylation sites is 1. The van der Waals surface area contributed by atoms with Crippen LogP contribution in [0.2, 0.25) is 0 Å². The average Bonchev–Trinajstić information content (AvgIpc) is 3.69. The Morgan fingerprint density at radius 3 is 2.32 bits per heavy atom. The van der Waals surface area contributed by atoms with Gasteiger partial charge >= 0.3 is 0 Å². The van der Waals surface area contributed by atoms with Crippen molar-refractivity contribution >= 4 is 5.65 Å². The SMILES string of the molecule is CC(C)c1ccc(OCc2nc(-c3ccc(COc4ccccc4)o3)n(-c3nc4ccccn4n3)n2)cc1. The summed E-state index contributed by atoms with van der Waals surface area (Å²) in [5.74, 6) is 4.48. The Morgan fingerprint density at radius 2 is 1.53 bits per heavy atom. The number of fused-ring (bicyclic) bond motifs is 1. The molecule has 6 rings (SSSR count). The second kappa shape index (κ2) is 10.2. The maximum atomic E-state index is 6.09. The van der Waals surface area contributed by atoms with Crippen molar-refractivity contribution in [1.29, 1.82) is 0 Å². The summed E-state index contributed by atoms with van der Waals surface area (Å²) in [4.78, 5) is 9.34. The van der Waals surface area contributed by atoms with Gasteiger partial charge in [0.05, 0.1) is 0 Å². The summed E-state index contributed by atoms with van der Waals surface area (Å²) in [6.07, 6.45) is 1.83. The van der Waals surface area contributed by atoms with E-state index in [1.165, 1.54) is 5.56 Å². The molecular weight excluding hydrogens is 480 g/mol. The standard InChI is InChI=1S/C29H26N6O3/c1-20(2)21-11-13-23(14-12-21)37-19-26-30-28(35(32-26)29-31-27-10-6-7-17-34(27)33-29)25-16-15-24(38-25)18-36-22-8-4-3-5-9-22/h3-17,20H,18-19H2,1-2H3. The Kier molecular flexibility index (Phi) is 6.31. The van der Waals surface area contributed by atoms with Gasteiger partial charge in [-0.05, 0) is 60.0 Å². The smallest absolute Gasteiger partial charge is 0.272 e. The van der Waals surface area contributed by atoms with Crippen LogP contribution in [0.15, 0.2) is 95.5 Å². The number of hydrogen-bond acceptors (Lipinski definition) is 7. The highest BCUT2D eigenvalue weighted by Crippen LogP contribution is 2.25. The third-order valence-corrected chi connectivity index (χ3v) is 5.99. The van der Waals surface area contributed by atoms with Crippen molar-refractivity contribution in [3.05, 3.63) is 108 Å². The van der Waals surface area contributed by atoms with Crippen LogP contribution < -0.4 is 9.47 Å². The first kappa shape index (κ1) is 23.5. The molecule has 9 nitrogen and oxygen atoms in total. The van der Waals surface area contributed by atoms with E-state index >= 15 is 0 Å². The average molecular weight is 507 g/mol. The van der Waals surface area contributed by atoms with E-state index in [9.17, 15) is 0 Å². The molecule has 0 N–H and O–H groups in total. The molecule has 6 aromatic rings. The molecule has 38 heavy (non-hydrogen) atoms. The molecule has 9 heteroatoms. The predicted molar refractivity (Wildman–Crippen MR) is 141 cm³/mol. The lowest BCUT2D eigenvalue weighted by Crippen LogP contribution is -2.03. The molecule has 0 spiro atoms. The maximum Gasteiger partial charge on any atom is 0.272 e. The molecular formula is C29H26N6O3. The molecule has 0 fully saturated rings. The van der Waals surface area contributed by atoms with E-state index < -0.39 is 0 Å². The van der Waals surface area contributed by atoms with Crippen molar-refractivity contribution in [2.24, 2.45) is 0 Å². The quantitative estimate of drug-likeness (QED) is 0.243. The molecule has 4 heterocycles. The summed E-state index contributed by atoms with van der Waals surface area (Å²) in [6.45, 7) is 4.79. The number of pyridine rings is 1. The van der Waals surface area contributed by atoms with Crippen LogP contribution in [0, 0.1) is 0 Å². The Hall–Kier alpha value is -4.92. The summed E-state index contributed by atoms with van der Waals surface area (Å²) >= 11 is 0. The van der Waals surface area contributed by atoms with Gasteiger partial charge in [0.2, 0.25) is 5.82 Å². The normalized spacial score (nSPS) is 11.3. The molecule has 0 aliphatic rings. The minimum Gasteiger partial charge on any atom is -0.486 e. The lowest BCUT2D eigenvalue weighted by atomic mass is 10.0. The molecule has 2 aromatic carbocycles. The van der Waals surface area contributed by atoms with Gasteiger partial charge in [-0.3, -0.25) is 0 Å². The molecule has 0 aliphatic carbocycles. The second-order valence-corrected chi connectivity index (χ2v) is 9.06. The molecule has 0 saturated heterocycles. The monoisotopic (exact) mass is 506 g/mol. The van der Waals surface area contributed by atoms with Crippen LogP contribution in [-0.2, 0) is 13.2 Å². The fourth-order valence-corrected chi connectivity index (χ4v) is 3.97. The van der Waals surface area contributed by atoms with E-state index in [2.05, 4.69) is 41.2 Å². The Balaban J connectivity index is 1.28. The van der Waals surface area contributed by atoms with E-state index in [-0.39, 0.29) is 13.2 Å². The van der Waals surface area contributed by atoms with E-state index in [0.717, 1.165) is 11.5 Å². The van der Waals surface area contributed by atoms with E-state index in [1.807, 2.05) is 79.0 Å². The summed E-state index contributed by atoms with van der Waals surface area (Å²) in [7, 11) is 0. The van der Waals surface area contributed by atoms with Crippen LogP contribution in [0.4, 0.5) is 0 Å². The largest absolute Gasteiger partial charge is 0.486 e. The first-order valence-corrected chi connectivity index (χ1v) is 12.4. The summed E-state index contributed by atoms with van der Waals surface area (Å²) in [5.41, 5.74) is 1.95. The topological polar surface area (TPSA) is 92.5 Å². The first-order chi connectivity index (χ1) is 18.6. The van der Waals surface area contributed by atoms with Crippen molar-refractivity contribution in [3.8, 4) is 29.0 Å². The van der Waals surface area contributed by atoms with Gasteiger partial charge in [0, 0.05) is 6.20 Å². The van der Waals surface area contributed by atoms with Gasteiger partial charge in [-0.1, -0.05) is 50.2 Å². The van der Waals surface area contributed by atoms with Gasteiger partial charge in [-0.2, -0.15) is 9.67 Å². The van der Waals surface area contributed by atoms with Crippen LogP contribution in [0.3, 0.4) is 0 Å². The number of aromatic nitrogens is 6. The lowest BCUT2D eigenvalue weighted by Gasteiger charge is -2.07. The minimum absolute atomic E-state index is 0.180. The van der Waals surface area contributed by atoms with Crippen LogP contribution in [0.1, 0.15) is 36.9 Å². The van der Waals surface area contributed by atoms with Crippen molar-refractivity contribution in [2.75, 3.05) is 0 Å². The third kappa shape index (κ3) is 4.99. The first-order valence-electron chi connectivity index (χ1n) is 12.4. The second-order valence-electron chi connectivity index (χ2n) is 9.06. The summed E-state index contributed by atoms with van der Waals surface area (Å²) in [6, 6.07) is 27.0. The van der Waals surface area contributed by atoms with Gasteiger partial charge in [0.25, 0.3) is 5.95 Å². The van der Waals surface area contributed by atoms with Crippen molar-refractivity contribution < 1.29 is 13.9 Å². The fraction of sp³-hybridized carbons (Fsp3) is 0.172. The highest BCUT2D eigenvalue weighted by atomic mass is 16.5. The Bertz CT molecular complexity index is 1620. The summed E-state index contributed by atoms with van der Waals surface area (Å²) in [5, 5.41) is 9.24. The molecule has 0 bridgehead atoms. The Labute approximate surface area is 219 Å².